The summed E-state index contributed by atoms with van der Waals surface area (Å²) in [5, 5.41) is 6.02. The molecule has 0 aliphatic carbocycles. The fraction of sp³-hybridized carbons (Fsp3) is 0.333. The van der Waals surface area contributed by atoms with Gasteiger partial charge in [-0.25, -0.2) is 0 Å². The van der Waals surface area contributed by atoms with Gasteiger partial charge in [-0.1, -0.05) is 23.2 Å². The van der Waals surface area contributed by atoms with Crippen LogP contribution < -0.4 is 0 Å². The van der Waals surface area contributed by atoms with Gasteiger partial charge >= 0.3 is 0 Å². The van der Waals surface area contributed by atoms with Crippen LogP contribution in [0.1, 0.15) is 48.0 Å². The second-order valence-corrected chi connectivity index (χ2v) is 7.72. The van der Waals surface area contributed by atoms with Gasteiger partial charge < -0.3 is 4.74 Å². The van der Waals surface area contributed by atoms with Gasteiger partial charge in [0, 0.05) is 46.2 Å². The first-order chi connectivity index (χ1) is 12.9. The Morgan fingerprint density at radius 2 is 1.67 bits per heavy atom. The van der Waals surface area contributed by atoms with E-state index in [1.807, 2.05) is 31.2 Å². The van der Waals surface area contributed by atoms with E-state index < -0.39 is 0 Å². The van der Waals surface area contributed by atoms with Crippen LogP contribution in [0.4, 0.5) is 0 Å². The summed E-state index contributed by atoms with van der Waals surface area (Å²) in [5.41, 5.74) is 5.40. The Labute approximate surface area is 170 Å². The molecule has 0 aliphatic heterocycles. The lowest BCUT2D eigenvalue weighted by Gasteiger charge is -2.14. The number of aromatic nitrogens is 3. The van der Waals surface area contributed by atoms with Crippen LogP contribution in [0.15, 0.2) is 42.7 Å². The molecule has 6 heteroatoms. The Morgan fingerprint density at radius 1 is 1.00 bits per heavy atom. The Bertz CT molecular complexity index is 887. The van der Waals surface area contributed by atoms with Crippen LogP contribution in [0.2, 0.25) is 10.0 Å². The molecule has 0 amide bonds. The van der Waals surface area contributed by atoms with Crippen molar-refractivity contribution in [3.05, 3.63) is 80.8 Å². The molecule has 0 saturated carbocycles. The zero-order chi connectivity index (χ0) is 19.4. The van der Waals surface area contributed by atoms with Gasteiger partial charge in [0.15, 0.2) is 0 Å². The van der Waals surface area contributed by atoms with Crippen molar-refractivity contribution >= 4 is 23.2 Å². The Hall–Kier alpha value is -1.88. The van der Waals surface area contributed by atoms with Crippen LogP contribution in [-0.4, -0.2) is 14.8 Å². The minimum absolute atomic E-state index is 0.252. The number of pyridine rings is 1. The molecule has 0 radical (unpaired) electrons. The molecule has 1 aromatic carbocycles. The zero-order valence-corrected chi connectivity index (χ0v) is 17.3. The molecule has 0 bridgehead atoms. The average Bonchev–Trinajstić information content (AvgIpc) is 2.91. The van der Waals surface area contributed by atoms with E-state index in [9.17, 15) is 0 Å². The fourth-order valence-electron chi connectivity index (χ4n) is 3.09. The maximum absolute atomic E-state index is 6.18. The van der Waals surface area contributed by atoms with E-state index in [2.05, 4.69) is 23.5 Å². The number of nitrogens with zero attached hydrogens (tertiary/aromatic N) is 3. The number of rotatable bonds is 7. The molecule has 0 saturated heterocycles. The molecule has 2 heterocycles. The predicted molar refractivity (Wildman–Crippen MR) is 109 cm³/mol. The van der Waals surface area contributed by atoms with Crippen molar-refractivity contribution in [2.24, 2.45) is 0 Å². The summed E-state index contributed by atoms with van der Waals surface area (Å²) in [6, 6.07) is 9.81. The second kappa shape index (κ2) is 8.87. The van der Waals surface area contributed by atoms with Gasteiger partial charge in [0.2, 0.25) is 0 Å². The highest BCUT2D eigenvalue weighted by atomic mass is 35.5. The zero-order valence-electron chi connectivity index (χ0n) is 15.7. The number of halogens is 2. The topological polar surface area (TPSA) is 39.9 Å². The smallest absolute Gasteiger partial charge is 0.0757 e. The summed E-state index contributed by atoms with van der Waals surface area (Å²) in [4.78, 5) is 4.03. The van der Waals surface area contributed by atoms with Gasteiger partial charge in [0.25, 0.3) is 0 Å². The van der Waals surface area contributed by atoms with Crippen molar-refractivity contribution < 1.29 is 4.74 Å². The first-order valence-corrected chi connectivity index (χ1v) is 9.68. The van der Waals surface area contributed by atoms with E-state index in [1.54, 1.807) is 18.5 Å². The van der Waals surface area contributed by atoms with Crippen molar-refractivity contribution in [1.29, 1.82) is 0 Å². The quantitative estimate of drug-likeness (QED) is 0.501. The lowest BCUT2D eigenvalue weighted by Crippen LogP contribution is -2.09. The van der Waals surface area contributed by atoms with E-state index in [0.717, 1.165) is 28.1 Å². The SMILES string of the molecule is Cc1nn(C(C)C)c(Cc2cc(Cl)cc(Cl)c2)c1COCc1ccncc1. The Kier molecular flexibility index (Phi) is 6.53. The Morgan fingerprint density at radius 3 is 2.30 bits per heavy atom. The van der Waals surface area contributed by atoms with Crippen LogP contribution in [-0.2, 0) is 24.4 Å². The van der Waals surface area contributed by atoms with Crippen LogP contribution in [0.3, 0.4) is 0 Å². The lowest BCUT2D eigenvalue weighted by molar-refractivity contribution is 0.106. The summed E-state index contributed by atoms with van der Waals surface area (Å²) >= 11 is 12.4. The van der Waals surface area contributed by atoms with Gasteiger partial charge in [0.1, 0.15) is 0 Å². The molecule has 27 heavy (non-hydrogen) atoms. The molecule has 0 atom stereocenters. The van der Waals surface area contributed by atoms with Crippen molar-refractivity contribution in [3.63, 3.8) is 0 Å². The molecule has 3 rings (SSSR count). The van der Waals surface area contributed by atoms with E-state index in [1.165, 1.54) is 0 Å². The maximum Gasteiger partial charge on any atom is 0.0757 e. The summed E-state index contributed by atoms with van der Waals surface area (Å²) in [6.45, 7) is 7.32. The normalized spacial score (nSPS) is 11.3. The molecule has 2 aromatic heterocycles. The van der Waals surface area contributed by atoms with Crippen LogP contribution >= 0.6 is 23.2 Å². The van der Waals surface area contributed by atoms with E-state index >= 15 is 0 Å². The van der Waals surface area contributed by atoms with Crippen molar-refractivity contribution in [1.82, 2.24) is 14.8 Å². The summed E-state index contributed by atoms with van der Waals surface area (Å²) in [7, 11) is 0. The van der Waals surface area contributed by atoms with E-state index in [0.29, 0.717) is 29.7 Å². The van der Waals surface area contributed by atoms with Gasteiger partial charge in [-0.3, -0.25) is 9.67 Å². The molecule has 0 N–H and O–H groups in total. The third kappa shape index (κ3) is 5.10. The molecule has 0 unspecified atom stereocenters. The maximum atomic E-state index is 6.18. The first-order valence-electron chi connectivity index (χ1n) is 8.92. The van der Waals surface area contributed by atoms with Gasteiger partial charge in [-0.15, -0.1) is 0 Å². The second-order valence-electron chi connectivity index (χ2n) is 6.85. The van der Waals surface area contributed by atoms with Crippen molar-refractivity contribution in [3.8, 4) is 0 Å². The number of hydrogen-bond donors (Lipinski definition) is 0. The van der Waals surface area contributed by atoms with E-state index in [4.69, 9.17) is 33.0 Å². The van der Waals surface area contributed by atoms with Crippen molar-refractivity contribution in [2.75, 3.05) is 0 Å². The predicted octanol–water partition coefficient (Wildman–Crippen LogP) is 5.78. The number of hydrogen-bond acceptors (Lipinski definition) is 3. The third-order valence-electron chi connectivity index (χ3n) is 4.37. The molecular formula is C21H23Cl2N3O. The first kappa shape index (κ1) is 19.9. The molecule has 0 fully saturated rings. The van der Waals surface area contributed by atoms with Gasteiger partial charge in [0.05, 0.1) is 18.9 Å². The standard InChI is InChI=1S/C21H23Cl2N3O/c1-14(2)26-21(10-17-8-18(22)11-19(23)9-17)20(15(3)25-26)13-27-12-16-4-6-24-7-5-16/h4-9,11,14H,10,12-13H2,1-3H3. The van der Waals surface area contributed by atoms with Crippen LogP contribution in [0.25, 0.3) is 0 Å². The number of ether oxygens (including phenoxy) is 1. The highest BCUT2D eigenvalue weighted by molar-refractivity contribution is 6.34. The highest BCUT2D eigenvalue weighted by Crippen LogP contribution is 2.26. The third-order valence-corrected chi connectivity index (χ3v) is 4.80. The van der Waals surface area contributed by atoms with Gasteiger partial charge in [-0.05, 0) is 62.2 Å². The highest BCUT2D eigenvalue weighted by Gasteiger charge is 2.18. The molecule has 142 valence electrons. The number of benzene rings is 1. The average molecular weight is 404 g/mol. The summed E-state index contributed by atoms with van der Waals surface area (Å²) in [5.74, 6) is 0. The Balaban J connectivity index is 1.84. The van der Waals surface area contributed by atoms with Crippen LogP contribution in [0.5, 0.6) is 0 Å². The largest absolute Gasteiger partial charge is 0.372 e. The van der Waals surface area contributed by atoms with Gasteiger partial charge in [-0.2, -0.15) is 5.10 Å². The summed E-state index contributed by atoms with van der Waals surface area (Å²) in [6.07, 6.45) is 4.25. The van der Waals surface area contributed by atoms with E-state index in [-0.39, 0.29) is 6.04 Å². The monoisotopic (exact) mass is 403 g/mol. The van der Waals surface area contributed by atoms with Crippen molar-refractivity contribution in [2.45, 2.75) is 46.4 Å². The molecule has 3 aromatic rings. The lowest BCUT2D eigenvalue weighted by atomic mass is 10.0. The summed E-state index contributed by atoms with van der Waals surface area (Å²) < 4.78 is 8.04. The fourth-order valence-corrected chi connectivity index (χ4v) is 3.66. The molecule has 0 spiro atoms. The minimum atomic E-state index is 0.252. The number of aryl methyl sites for hydroxylation is 1. The molecular weight excluding hydrogens is 381 g/mol. The minimum Gasteiger partial charge on any atom is -0.372 e. The molecule has 0 aliphatic rings. The molecule has 4 nitrogen and oxygen atoms in total. The van der Waals surface area contributed by atoms with Crippen LogP contribution in [0, 0.1) is 6.92 Å².